The van der Waals surface area contributed by atoms with Crippen LogP contribution in [0.15, 0.2) is 72.8 Å². The van der Waals surface area contributed by atoms with Gasteiger partial charge in [-0.15, -0.1) is 0 Å². The predicted molar refractivity (Wildman–Crippen MR) is 116 cm³/mol. The Hall–Kier alpha value is -3.53. The third kappa shape index (κ3) is 6.48. The van der Waals surface area contributed by atoms with E-state index < -0.39 is 27.3 Å². The van der Waals surface area contributed by atoms with Gasteiger partial charge in [-0.25, -0.2) is 0 Å². The molecule has 1 amide bonds. The van der Waals surface area contributed by atoms with E-state index in [0.717, 1.165) is 17.7 Å². The zero-order valence-corrected chi connectivity index (χ0v) is 18.0. The summed E-state index contributed by atoms with van der Waals surface area (Å²) in [6, 6.07) is 20.2. The number of rotatable bonds is 9. The van der Waals surface area contributed by atoms with Crippen molar-refractivity contribution >= 4 is 16.0 Å². The first kappa shape index (κ1) is 24.1. The normalized spacial score (nSPS) is 11.7. The quantitative estimate of drug-likeness (QED) is 0.358. The van der Waals surface area contributed by atoms with E-state index in [4.69, 9.17) is 10.5 Å². The van der Waals surface area contributed by atoms with Crippen LogP contribution in [0.1, 0.15) is 17.5 Å². The summed E-state index contributed by atoms with van der Waals surface area (Å²) >= 11 is 0. The molecule has 0 bridgehead atoms. The number of ether oxygens (including phenoxy) is 1. The smallest absolute Gasteiger partial charge is 0.489 e. The Labute approximate surface area is 188 Å². The van der Waals surface area contributed by atoms with Gasteiger partial charge in [-0.2, -0.15) is 21.6 Å². The number of benzene rings is 3. The summed E-state index contributed by atoms with van der Waals surface area (Å²) in [4.78, 5) is 11.3. The molecule has 2 N–H and O–H groups in total. The van der Waals surface area contributed by atoms with Gasteiger partial charge >= 0.3 is 15.6 Å². The number of aryl methyl sites for hydroxylation is 1. The molecule has 0 unspecified atom stereocenters. The Kier molecular flexibility index (Phi) is 7.27. The number of carbonyl (C=O) groups excluding carboxylic acids is 1. The fourth-order valence-electron chi connectivity index (χ4n) is 3.04. The molecule has 0 aliphatic rings. The standard InChI is InChI=1S/C23H20F3NO5S/c24-23(25,26)33(29,30)32-20-10-11-21(18(14-20)9-12-22(27)28)17-7-4-8-19(13-17)31-15-16-5-2-1-3-6-16/h1-8,10-11,13-14H,9,12,15H2,(H2,27,28). The Morgan fingerprint density at radius 1 is 0.909 bits per heavy atom. The van der Waals surface area contributed by atoms with Gasteiger partial charge in [-0.05, 0) is 52.9 Å². The molecule has 3 aromatic carbocycles. The monoisotopic (exact) mass is 479 g/mol. The van der Waals surface area contributed by atoms with E-state index in [9.17, 15) is 26.4 Å². The van der Waals surface area contributed by atoms with Crippen LogP contribution < -0.4 is 14.7 Å². The molecule has 3 aromatic rings. The number of hydrogen-bond donors (Lipinski definition) is 1. The minimum absolute atomic E-state index is 0.0725. The summed E-state index contributed by atoms with van der Waals surface area (Å²) in [5.74, 6) is -0.584. The van der Waals surface area contributed by atoms with Crippen LogP contribution in [0.5, 0.6) is 11.5 Å². The Morgan fingerprint density at radius 3 is 2.30 bits per heavy atom. The minimum atomic E-state index is -5.83. The van der Waals surface area contributed by atoms with Crippen LogP contribution in [0.2, 0.25) is 0 Å². The molecule has 33 heavy (non-hydrogen) atoms. The molecule has 6 nitrogen and oxygen atoms in total. The van der Waals surface area contributed by atoms with Gasteiger partial charge in [0.05, 0.1) is 0 Å². The zero-order chi connectivity index (χ0) is 24.1. The average Bonchev–Trinajstić information content (AvgIpc) is 2.76. The van der Waals surface area contributed by atoms with Crippen molar-refractivity contribution in [2.75, 3.05) is 0 Å². The number of primary amides is 1. The maximum Gasteiger partial charge on any atom is 0.534 e. The van der Waals surface area contributed by atoms with Crippen molar-refractivity contribution in [3.8, 4) is 22.6 Å². The predicted octanol–water partition coefficient (Wildman–Crippen LogP) is 4.58. The number of alkyl halides is 3. The molecule has 0 radical (unpaired) electrons. The Balaban J connectivity index is 1.90. The van der Waals surface area contributed by atoms with Gasteiger partial charge in [0.1, 0.15) is 18.1 Å². The van der Waals surface area contributed by atoms with Gasteiger partial charge in [0, 0.05) is 6.42 Å². The van der Waals surface area contributed by atoms with Crippen LogP contribution in [-0.2, 0) is 27.9 Å². The topological polar surface area (TPSA) is 95.7 Å². The molecule has 0 fully saturated rings. The van der Waals surface area contributed by atoms with Crippen LogP contribution >= 0.6 is 0 Å². The van der Waals surface area contributed by atoms with E-state index in [1.165, 1.54) is 6.07 Å². The van der Waals surface area contributed by atoms with Crippen molar-refractivity contribution in [2.45, 2.75) is 25.0 Å². The third-order valence-corrected chi connectivity index (χ3v) is 5.58. The number of hydrogen-bond acceptors (Lipinski definition) is 5. The highest BCUT2D eigenvalue weighted by molar-refractivity contribution is 7.88. The van der Waals surface area contributed by atoms with E-state index >= 15 is 0 Å². The molecule has 0 saturated heterocycles. The molecule has 0 saturated carbocycles. The van der Waals surface area contributed by atoms with E-state index in [2.05, 4.69) is 4.18 Å². The SMILES string of the molecule is NC(=O)CCc1cc(OS(=O)(=O)C(F)(F)F)ccc1-c1cccc(OCc2ccccc2)c1. The van der Waals surface area contributed by atoms with Crippen LogP contribution in [0.25, 0.3) is 11.1 Å². The van der Waals surface area contributed by atoms with Crippen LogP contribution in [0.3, 0.4) is 0 Å². The third-order valence-electron chi connectivity index (χ3n) is 4.60. The van der Waals surface area contributed by atoms with Gasteiger partial charge in [0.2, 0.25) is 5.91 Å². The molecular weight excluding hydrogens is 459 g/mol. The lowest BCUT2D eigenvalue weighted by Gasteiger charge is -2.14. The fourth-order valence-corrected chi connectivity index (χ4v) is 3.49. The van der Waals surface area contributed by atoms with E-state index in [1.54, 1.807) is 24.3 Å². The van der Waals surface area contributed by atoms with Crippen LogP contribution in [-0.4, -0.2) is 19.8 Å². The van der Waals surface area contributed by atoms with Crippen molar-refractivity contribution in [1.29, 1.82) is 0 Å². The van der Waals surface area contributed by atoms with Gasteiger partial charge < -0.3 is 14.7 Å². The van der Waals surface area contributed by atoms with Gasteiger partial charge in [0.15, 0.2) is 0 Å². The van der Waals surface area contributed by atoms with Crippen molar-refractivity contribution in [2.24, 2.45) is 5.73 Å². The van der Waals surface area contributed by atoms with Crippen molar-refractivity contribution in [1.82, 2.24) is 0 Å². The van der Waals surface area contributed by atoms with Crippen LogP contribution in [0.4, 0.5) is 13.2 Å². The molecule has 3 rings (SSSR count). The lowest BCUT2D eigenvalue weighted by molar-refractivity contribution is -0.118. The number of halogens is 3. The highest BCUT2D eigenvalue weighted by atomic mass is 32.2. The van der Waals surface area contributed by atoms with Crippen molar-refractivity contribution in [3.63, 3.8) is 0 Å². The van der Waals surface area contributed by atoms with Gasteiger partial charge in [0.25, 0.3) is 0 Å². The number of nitrogens with two attached hydrogens (primary N) is 1. The Bertz CT molecular complexity index is 1230. The lowest BCUT2D eigenvalue weighted by Crippen LogP contribution is -2.28. The maximum absolute atomic E-state index is 12.7. The zero-order valence-electron chi connectivity index (χ0n) is 17.2. The number of carbonyl (C=O) groups is 1. The maximum atomic E-state index is 12.7. The van der Waals surface area contributed by atoms with E-state index in [0.29, 0.717) is 29.0 Å². The van der Waals surface area contributed by atoms with Crippen molar-refractivity contribution in [3.05, 3.63) is 83.9 Å². The highest BCUT2D eigenvalue weighted by Gasteiger charge is 2.48. The second-order valence-corrected chi connectivity index (χ2v) is 8.61. The summed E-state index contributed by atoms with van der Waals surface area (Å²) in [5.41, 5.74) is 2.23. The average molecular weight is 479 g/mol. The Morgan fingerprint density at radius 2 is 1.64 bits per heavy atom. The first-order chi connectivity index (χ1) is 15.5. The first-order valence-electron chi connectivity index (χ1n) is 9.74. The molecule has 0 aliphatic heterocycles. The molecule has 0 heterocycles. The summed E-state index contributed by atoms with van der Waals surface area (Å²) in [6.45, 7) is 0.334. The van der Waals surface area contributed by atoms with Gasteiger partial charge in [-0.3, -0.25) is 4.79 Å². The summed E-state index contributed by atoms with van der Waals surface area (Å²) < 4.78 is 70.7. The van der Waals surface area contributed by atoms with Crippen LogP contribution in [0, 0.1) is 0 Å². The summed E-state index contributed by atoms with van der Waals surface area (Å²) in [7, 11) is -5.83. The molecule has 0 aromatic heterocycles. The lowest BCUT2D eigenvalue weighted by atomic mass is 9.96. The van der Waals surface area contributed by atoms with Gasteiger partial charge in [-0.1, -0.05) is 48.5 Å². The second kappa shape index (κ2) is 9.95. The van der Waals surface area contributed by atoms with Crippen molar-refractivity contribution < 1.29 is 35.3 Å². The molecule has 0 spiro atoms. The summed E-state index contributed by atoms with van der Waals surface area (Å²) in [6.07, 6.45) is -0.0182. The number of amides is 1. The second-order valence-electron chi connectivity index (χ2n) is 7.07. The largest absolute Gasteiger partial charge is 0.534 e. The molecule has 0 atom stereocenters. The highest BCUT2D eigenvalue weighted by Crippen LogP contribution is 2.33. The molecule has 174 valence electrons. The molecule has 10 heteroatoms. The minimum Gasteiger partial charge on any atom is -0.489 e. The molecule has 0 aliphatic carbocycles. The first-order valence-corrected chi connectivity index (χ1v) is 11.1. The molecular formula is C23H20F3NO5S. The summed E-state index contributed by atoms with van der Waals surface area (Å²) in [5, 5.41) is 0. The van der Waals surface area contributed by atoms with E-state index in [-0.39, 0.29) is 12.8 Å². The van der Waals surface area contributed by atoms with E-state index in [1.807, 2.05) is 30.3 Å². The fraction of sp³-hybridized carbons (Fsp3) is 0.174.